The summed E-state index contributed by atoms with van der Waals surface area (Å²) in [5, 5.41) is 6.89. The lowest BCUT2D eigenvalue weighted by Crippen LogP contribution is -2.08. The van der Waals surface area contributed by atoms with Crippen molar-refractivity contribution in [2.45, 2.75) is 0 Å². The van der Waals surface area contributed by atoms with E-state index in [1.54, 1.807) is 18.3 Å². The number of hydrogen-bond acceptors (Lipinski definition) is 3. The van der Waals surface area contributed by atoms with Crippen molar-refractivity contribution < 1.29 is 9.90 Å². The number of H-pyrrole nitrogens is 1. The van der Waals surface area contributed by atoms with Crippen LogP contribution >= 0.6 is 0 Å². The predicted molar refractivity (Wildman–Crippen MR) is 61.0 cm³/mol. The number of imidazole rings is 1. The third-order valence-electron chi connectivity index (χ3n) is 1.96. The highest BCUT2D eigenvalue weighted by Crippen LogP contribution is 2.09. The summed E-state index contributed by atoms with van der Waals surface area (Å²) in [7, 11) is 3.90. The Kier molecular flexibility index (Phi) is 3.71. The van der Waals surface area contributed by atoms with Crippen molar-refractivity contribution in [1.82, 2.24) is 9.38 Å². The number of carboxylic acid groups (broad SMARTS) is 1. The van der Waals surface area contributed by atoms with Gasteiger partial charge in [0.05, 0.1) is 6.20 Å². The van der Waals surface area contributed by atoms with Crippen LogP contribution < -0.4 is 10.3 Å². The van der Waals surface area contributed by atoms with Crippen molar-refractivity contribution in [2.24, 2.45) is 0 Å². The first kappa shape index (κ1) is 11.8. The van der Waals surface area contributed by atoms with E-state index in [0.29, 0.717) is 0 Å². The summed E-state index contributed by atoms with van der Waals surface area (Å²) in [4.78, 5) is 24.5. The van der Waals surface area contributed by atoms with Crippen LogP contribution in [0.25, 0.3) is 5.65 Å². The molecule has 0 saturated heterocycles. The normalized spacial score (nSPS) is 9.38. The molecule has 2 N–H and O–H groups in total. The fraction of sp³-hybridized carbons (Fsp3) is 0.200. The molecular weight excluding hydrogens is 210 g/mol. The third-order valence-corrected chi connectivity index (χ3v) is 1.96. The lowest BCUT2D eigenvalue weighted by molar-refractivity contribution is -0.122. The van der Waals surface area contributed by atoms with Gasteiger partial charge in [0.15, 0.2) is 5.43 Å². The van der Waals surface area contributed by atoms with Gasteiger partial charge in [0.2, 0.25) is 0 Å². The van der Waals surface area contributed by atoms with Crippen LogP contribution in [0.1, 0.15) is 0 Å². The fourth-order valence-corrected chi connectivity index (χ4v) is 1.23. The first-order valence-corrected chi connectivity index (χ1v) is 4.54. The van der Waals surface area contributed by atoms with Gasteiger partial charge in [0, 0.05) is 32.4 Å². The highest BCUT2D eigenvalue weighted by atomic mass is 16.3. The standard InChI is InChI=1S/C9H11N3O.CH2O2/c1-11(2)9-6-12-4-3-7(13)5-8(12)10-9;2-1-3/h3-6,10H,1-2H3;1H,(H,2,3). The van der Waals surface area contributed by atoms with Crippen molar-refractivity contribution in [3.8, 4) is 0 Å². The van der Waals surface area contributed by atoms with Crippen molar-refractivity contribution in [2.75, 3.05) is 19.0 Å². The van der Waals surface area contributed by atoms with Gasteiger partial charge in [0.25, 0.3) is 6.47 Å². The number of hydrogen-bond donors (Lipinski definition) is 2. The fourth-order valence-electron chi connectivity index (χ4n) is 1.23. The summed E-state index contributed by atoms with van der Waals surface area (Å²) in [5.41, 5.74) is 0.836. The SMILES string of the molecule is CN(C)c1cn2ccc(=O)cc2[nH]1.O=CO. The molecule has 0 aliphatic heterocycles. The molecule has 0 fully saturated rings. The molecule has 0 aliphatic carbocycles. The minimum atomic E-state index is -0.250. The number of rotatable bonds is 1. The lowest BCUT2D eigenvalue weighted by atomic mass is 10.5. The van der Waals surface area contributed by atoms with Gasteiger partial charge in [-0.3, -0.25) is 9.59 Å². The second-order valence-corrected chi connectivity index (χ2v) is 3.29. The van der Waals surface area contributed by atoms with Gasteiger partial charge in [-0.25, -0.2) is 0 Å². The molecular formula is C10H13N3O3. The van der Waals surface area contributed by atoms with Crippen LogP contribution in [0.15, 0.2) is 29.3 Å². The average Bonchev–Trinajstić information content (AvgIpc) is 2.61. The molecule has 6 heteroatoms. The zero-order valence-electron chi connectivity index (χ0n) is 9.04. The lowest BCUT2D eigenvalue weighted by Gasteiger charge is -2.06. The Morgan fingerprint density at radius 1 is 1.50 bits per heavy atom. The first-order chi connectivity index (χ1) is 7.58. The average molecular weight is 223 g/mol. The number of nitrogens with zero attached hydrogens (tertiary/aromatic N) is 2. The van der Waals surface area contributed by atoms with Gasteiger partial charge >= 0.3 is 0 Å². The molecule has 0 unspecified atom stereocenters. The molecule has 0 amide bonds. The molecule has 0 radical (unpaired) electrons. The van der Waals surface area contributed by atoms with E-state index in [9.17, 15) is 4.79 Å². The number of aromatic amines is 1. The van der Waals surface area contributed by atoms with Gasteiger partial charge in [-0.2, -0.15) is 0 Å². The van der Waals surface area contributed by atoms with E-state index in [2.05, 4.69) is 4.98 Å². The molecule has 0 aromatic carbocycles. The van der Waals surface area contributed by atoms with Gasteiger partial charge in [-0.1, -0.05) is 0 Å². The van der Waals surface area contributed by atoms with Crippen molar-refractivity contribution in [3.63, 3.8) is 0 Å². The number of anilines is 1. The van der Waals surface area contributed by atoms with Gasteiger partial charge in [-0.05, 0) is 0 Å². The summed E-state index contributed by atoms with van der Waals surface area (Å²) in [6.45, 7) is -0.250. The Bertz CT molecular complexity index is 527. The van der Waals surface area contributed by atoms with Crippen LogP contribution in [-0.2, 0) is 4.79 Å². The van der Waals surface area contributed by atoms with E-state index in [4.69, 9.17) is 9.90 Å². The van der Waals surface area contributed by atoms with Crippen molar-refractivity contribution in [3.05, 3.63) is 34.7 Å². The smallest absolute Gasteiger partial charge is 0.290 e. The van der Waals surface area contributed by atoms with E-state index >= 15 is 0 Å². The zero-order valence-corrected chi connectivity index (χ0v) is 9.04. The second kappa shape index (κ2) is 5.01. The maximum absolute atomic E-state index is 11.0. The molecule has 6 nitrogen and oxygen atoms in total. The van der Waals surface area contributed by atoms with Crippen LogP contribution in [0.3, 0.4) is 0 Å². The van der Waals surface area contributed by atoms with Crippen molar-refractivity contribution >= 4 is 17.9 Å². The summed E-state index contributed by atoms with van der Waals surface area (Å²) < 4.78 is 1.89. The predicted octanol–water partition coefficient (Wildman–Crippen LogP) is 0.394. The second-order valence-electron chi connectivity index (χ2n) is 3.29. The number of nitrogens with one attached hydrogen (secondary N) is 1. The molecule has 86 valence electrons. The topological polar surface area (TPSA) is 77.8 Å². The number of carbonyl (C=O) groups is 1. The molecule has 0 saturated carbocycles. The maximum Gasteiger partial charge on any atom is 0.290 e. The summed E-state index contributed by atoms with van der Waals surface area (Å²) >= 11 is 0. The Morgan fingerprint density at radius 3 is 2.69 bits per heavy atom. The molecule has 2 aromatic heterocycles. The number of pyridine rings is 1. The highest BCUT2D eigenvalue weighted by molar-refractivity contribution is 5.49. The molecule has 2 rings (SSSR count). The largest absolute Gasteiger partial charge is 0.483 e. The molecule has 0 atom stereocenters. The summed E-state index contributed by atoms with van der Waals surface area (Å²) in [5.74, 6) is 0.977. The minimum Gasteiger partial charge on any atom is -0.483 e. The van der Waals surface area contributed by atoms with Gasteiger partial charge in [0.1, 0.15) is 11.5 Å². The van der Waals surface area contributed by atoms with E-state index in [1.807, 2.05) is 29.6 Å². The zero-order chi connectivity index (χ0) is 12.1. The number of aromatic nitrogens is 2. The molecule has 0 bridgehead atoms. The van der Waals surface area contributed by atoms with Crippen LogP contribution in [0.2, 0.25) is 0 Å². The van der Waals surface area contributed by atoms with Gasteiger partial charge in [-0.15, -0.1) is 0 Å². The third kappa shape index (κ3) is 2.63. The van der Waals surface area contributed by atoms with Gasteiger partial charge < -0.3 is 19.4 Å². The van der Waals surface area contributed by atoms with Crippen LogP contribution in [-0.4, -0.2) is 35.1 Å². The monoisotopic (exact) mass is 223 g/mol. The molecule has 2 aromatic rings. The highest BCUT2D eigenvalue weighted by Gasteiger charge is 2.00. The quantitative estimate of drug-likeness (QED) is 0.686. The molecule has 2 heterocycles. The Balaban J connectivity index is 0.000000386. The Labute approximate surface area is 91.7 Å². The number of fused-ring (bicyclic) bond motifs is 1. The molecule has 0 aliphatic rings. The van der Waals surface area contributed by atoms with Crippen LogP contribution in [0, 0.1) is 0 Å². The summed E-state index contributed by atoms with van der Waals surface area (Å²) in [6, 6.07) is 3.12. The van der Waals surface area contributed by atoms with Crippen LogP contribution in [0.5, 0.6) is 0 Å². The Morgan fingerprint density at radius 2 is 2.12 bits per heavy atom. The summed E-state index contributed by atoms with van der Waals surface area (Å²) in [6.07, 6.45) is 3.69. The molecule has 0 spiro atoms. The van der Waals surface area contributed by atoms with E-state index in [0.717, 1.165) is 11.5 Å². The van der Waals surface area contributed by atoms with E-state index in [-0.39, 0.29) is 11.9 Å². The van der Waals surface area contributed by atoms with Crippen LogP contribution in [0.4, 0.5) is 5.82 Å². The molecule has 16 heavy (non-hydrogen) atoms. The van der Waals surface area contributed by atoms with E-state index in [1.165, 1.54) is 0 Å². The van der Waals surface area contributed by atoms with Crippen molar-refractivity contribution in [1.29, 1.82) is 0 Å². The van der Waals surface area contributed by atoms with E-state index < -0.39 is 0 Å². The Hall–Kier alpha value is -2.24. The first-order valence-electron chi connectivity index (χ1n) is 4.54. The maximum atomic E-state index is 11.0. The minimum absolute atomic E-state index is 0.0205.